The van der Waals surface area contributed by atoms with Gasteiger partial charge in [-0.05, 0) is 37.6 Å². The predicted molar refractivity (Wildman–Crippen MR) is 111 cm³/mol. The molecule has 1 heterocycles. The van der Waals surface area contributed by atoms with Crippen molar-refractivity contribution in [1.82, 2.24) is 10.3 Å². The molecule has 1 N–H and O–H groups in total. The Hall–Kier alpha value is -3.12. The summed E-state index contributed by atoms with van der Waals surface area (Å²) in [4.78, 5) is 28.7. The molecule has 7 heteroatoms. The van der Waals surface area contributed by atoms with E-state index < -0.39 is 17.9 Å². The first-order valence-electron chi connectivity index (χ1n) is 9.13. The van der Waals surface area contributed by atoms with Gasteiger partial charge in [-0.1, -0.05) is 48.0 Å². The van der Waals surface area contributed by atoms with Gasteiger partial charge in [0.1, 0.15) is 18.4 Å². The van der Waals surface area contributed by atoms with Crippen LogP contribution in [0.4, 0.5) is 0 Å². The summed E-state index contributed by atoms with van der Waals surface area (Å²) >= 11 is 6.38. The standard InChI is InChI=1S/C22H21ClN2O4/c1-14-17-10-6-7-11-18(17)25-19(21(14)23)12-29-22(27)15(2)24-20(26)13-28-16-8-4-3-5-9-16/h3-11,15H,12-13H2,1-2H3,(H,24,26)/t15-/m0/s1. The highest BCUT2D eigenvalue weighted by Crippen LogP contribution is 2.27. The highest BCUT2D eigenvalue weighted by Gasteiger charge is 2.19. The molecule has 0 fully saturated rings. The third-order valence-corrected chi connectivity index (χ3v) is 4.84. The van der Waals surface area contributed by atoms with E-state index in [2.05, 4.69) is 10.3 Å². The number of carbonyl (C=O) groups excluding carboxylic acids is 2. The van der Waals surface area contributed by atoms with Gasteiger partial charge in [0.2, 0.25) is 0 Å². The van der Waals surface area contributed by atoms with E-state index >= 15 is 0 Å². The second-order valence-electron chi connectivity index (χ2n) is 6.51. The predicted octanol–water partition coefficient (Wildman–Crippen LogP) is 3.82. The van der Waals surface area contributed by atoms with E-state index in [0.717, 1.165) is 16.5 Å². The van der Waals surface area contributed by atoms with Crippen LogP contribution in [0.3, 0.4) is 0 Å². The van der Waals surface area contributed by atoms with E-state index in [-0.39, 0.29) is 13.2 Å². The monoisotopic (exact) mass is 412 g/mol. The van der Waals surface area contributed by atoms with Crippen LogP contribution in [0.2, 0.25) is 5.02 Å². The number of nitrogens with zero attached hydrogens (tertiary/aromatic N) is 1. The molecule has 0 aliphatic carbocycles. The van der Waals surface area contributed by atoms with Crippen molar-refractivity contribution in [1.29, 1.82) is 0 Å². The number of aromatic nitrogens is 1. The smallest absolute Gasteiger partial charge is 0.328 e. The molecule has 1 amide bonds. The zero-order chi connectivity index (χ0) is 20.8. The fourth-order valence-electron chi connectivity index (χ4n) is 2.79. The summed E-state index contributed by atoms with van der Waals surface area (Å²) < 4.78 is 10.7. The van der Waals surface area contributed by atoms with Crippen molar-refractivity contribution in [3.8, 4) is 5.75 Å². The number of nitrogens with one attached hydrogen (secondary N) is 1. The number of ether oxygens (including phenoxy) is 2. The first-order valence-corrected chi connectivity index (χ1v) is 9.51. The maximum absolute atomic E-state index is 12.2. The molecule has 0 unspecified atom stereocenters. The van der Waals surface area contributed by atoms with Gasteiger partial charge < -0.3 is 14.8 Å². The molecule has 0 saturated heterocycles. The number of aryl methyl sites for hydroxylation is 1. The maximum Gasteiger partial charge on any atom is 0.328 e. The number of hydrogen-bond acceptors (Lipinski definition) is 5. The van der Waals surface area contributed by atoms with Crippen molar-refractivity contribution in [2.75, 3.05) is 6.61 Å². The van der Waals surface area contributed by atoms with Crippen LogP contribution in [-0.2, 0) is 20.9 Å². The Morgan fingerprint density at radius 2 is 1.79 bits per heavy atom. The van der Waals surface area contributed by atoms with Crippen LogP contribution in [-0.4, -0.2) is 29.5 Å². The Kier molecular flexibility index (Phi) is 6.67. The van der Waals surface area contributed by atoms with Crippen molar-refractivity contribution in [2.24, 2.45) is 0 Å². The summed E-state index contributed by atoms with van der Waals surface area (Å²) in [6, 6.07) is 15.7. The van der Waals surface area contributed by atoms with Crippen molar-refractivity contribution in [3.63, 3.8) is 0 Å². The Balaban J connectivity index is 1.54. The normalized spacial score (nSPS) is 11.7. The van der Waals surface area contributed by atoms with E-state index in [1.54, 1.807) is 31.2 Å². The summed E-state index contributed by atoms with van der Waals surface area (Å²) in [5.74, 6) is -0.428. The lowest BCUT2D eigenvalue weighted by Crippen LogP contribution is -2.41. The van der Waals surface area contributed by atoms with Gasteiger partial charge in [0.25, 0.3) is 5.91 Å². The largest absolute Gasteiger partial charge is 0.484 e. The number of amides is 1. The molecule has 0 bridgehead atoms. The second-order valence-corrected chi connectivity index (χ2v) is 6.89. The fourth-order valence-corrected chi connectivity index (χ4v) is 2.98. The van der Waals surface area contributed by atoms with Gasteiger partial charge in [-0.15, -0.1) is 0 Å². The third kappa shape index (κ3) is 5.23. The fraction of sp³-hybridized carbons (Fsp3) is 0.227. The van der Waals surface area contributed by atoms with Crippen LogP contribution in [0.25, 0.3) is 10.9 Å². The van der Waals surface area contributed by atoms with Gasteiger partial charge in [0.15, 0.2) is 6.61 Å². The van der Waals surface area contributed by atoms with E-state index in [0.29, 0.717) is 16.5 Å². The minimum Gasteiger partial charge on any atom is -0.484 e. The van der Waals surface area contributed by atoms with Gasteiger partial charge in [0.05, 0.1) is 16.2 Å². The van der Waals surface area contributed by atoms with Crippen molar-refractivity contribution >= 4 is 34.4 Å². The number of carbonyl (C=O) groups is 2. The minimum absolute atomic E-state index is 0.0793. The quantitative estimate of drug-likeness (QED) is 0.597. The zero-order valence-corrected chi connectivity index (χ0v) is 16.9. The van der Waals surface area contributed by atoms with Gasteiger partial charge >= 0.3 is 5.97 Å². The molecule has 0 spiro atoms. The van der Waals surface area contributed by atoms with E-state index in [1.165, 1.54) is 0 Å². The Labute approximate surface area is 173 Å². The number of rotatable bonds is 7. The zero-order valence-electron chi connectivity index (χ0n) is 16.1. The number of esters is 1. The van der Waals surface area contributed by atoms with Gasteiger partial charge in [0, 0.05) is 5.39 Å². The minimum atomic E-state index is -0.831. The molecule has 0 saturated carbocycles. The molecular formula is C22H21ClN2O4. The number of fused-ring (bicyclic) bond motifs is 1. The SMILES string of the molecule is Cc1c(Cl)c(COC(=O)[C@H](C)NC(=O)COc2ccccc2)nc2ccccc12. The second kappa shape index (κ2) is 9.39. The summed E-state index contributed by atoms with van der Waals surface area (Å²) in [6.45, 7) is 3.17. The molecular weight excluding hydrogens is 392 g/mol. The van der Waals surface area contributed by atoms with E-state index in [1.807, 2.05) is 37.3 Å². The molecule has 0 radical (unpaired) electrons. The van der Waals surface area contributed by atoms with Crippen LogP contribution >= 0.6 is 11.6 Å². The topological polar surface area (TPSA) is 77.5 Å². The summed E-state index contributed by atoms with van der Waals surface area (Å²) in [5.41, 5.74) is 2.13. The first-order chi connectivity index (χ1) is 14.0. The highest BCUT2D eigenvalue weighted by atomic mass is 35.5. The number of para-hydroxylation sites is 2. The molecule has 150 valence electrons. The van der Waals surface area contributed by atoms with Crippen LogP contribution in [0.5, 0.6) is 5.75 Å². The summed E-state index contributed by atoms with van der Waals surface area (Å²) in [6.07, 6.45) is 0. The number of pyridine rings is 1. The Morgan fingerprint density at radius 3 is 2.55 bits per heavy atom. The van der Waals surface area contributed by atoms with Gasteiger partial charge in [-0.3, -0.25) is 4.79 Å². The number of hydrogen-bond donors (Lipinski definition) is 1. The van der Waals surface area contributed by atoms with Crippen molar-refractivity contribution in [2.45, 2.75) is 26.5 Å². The van der Waals surface area contributed by atoms with Gasteiger partial charge in [-0.25, -0.2) is 9.78 Å². The van der Waals surface area contributed by atoms with Crippen LogP contribution in [0.1, 0.15) is 18.2 Å². The highest BCUT2D eigenvalue weighted by molar-refractivity contribution is 6.32. The first kappa shape index (κ1) is 20.6. The molecule has 3 aromatic rings. The molecule has 3 rings (SSSR count). The van der Waals surface area contributed by atoms with Crippen molar-refractivity contribution < 1.29 is 19.1 Å². The van der Waals surface area contributed by atoms with Crippen LogP contribution in [0.15, 0.2) is 54.6 Å². The average molecular weight is 413 g/mol. The Morgan fingerprint density at radius 1 is 1.10 bits per heavy atom. The number of benzene rings is 2. The molecule has 0 aliphatic heterocycles. The van der Waals surface area contributed by atoms with E-state index in [4.69, 9.17) is 21.1 Å². The molecule has 6 nitrogen and oxygen atoms in total. The summed E-state index contributed by atoms with van der Waals surface area (Å²) in [5, 5.41) is 3.96. The third-order valence-electron chi connectivity index (χ3n) is 4.34. The average Bonchev–Trinajstić information content (AvgIpc) is 2.74. The van der Waals surface area contributed by atoms with Crippen molar-refractivity contribution in [3.05, 3.63) is 70.9 Å². The van der Waals surface area contributed by atoms with E-state index in [9.17, 15) is 9.59 Å². The van der Waals surface area contributed by atoms with Crippen LogP contribution < -0.4 is 10.1 Å². The lowest BCUT2D eigenvalue weighted by molar-refractivity contribution is -0.148. The van der Waals surface area contributed by atoms with Gasteiger partial charge in [-0.2, -0.15) is 0 Å². The lowest BCUT2D eigenvalue weighted by atomic mass is 10.1. The maximum atomic E-state index is 12.2. The molecule has 0 aliphatic rings. The number of halogens is 1. The molecule has 1 aromatic heterocycles. The molecule has 29 heavy (non-hydrogen) atoms. The molecule has 1 atom stereocenters. The molecule has 2 aromatic carbocycles. The Bertz CT molecular complexity index is 1020. The lowest BCUT2D eigenvalue weighted by Gasteiger charge is -2.15. The van der Waals surface area contributed by atoms with Crippen LogP contribution in [0, 0.1) is 6.92 Å². The summed E-state index contributed by atoms with van der Waals surface area (Å²) in [7, 11) is 0.